The van der Waals surface area contributed by atoms with Crippen molar-refractivity contribution in [1.29, 1.82) is 0 Å². The Labute approximate surface area is 184 Å². The van der Waals surface area contributed by atoms with Gasteiger partial charge in [0.25, 0.3) is 0 Å². The van der Waals surface area contributed by atoms with E-state index in [2.05, 4.69) is 6.58 Å². The number of fused-ring (bicyclic) bond motifs is 1. The molecule has 1 aromatic carbocycles. The molecule has 0 saturated heterocycles. The first-order valence-electron chi connectivity index (χ1n) is 9.14. The Morgan fingerprint density at radius 3 is 2.83 bits per heavy atom. The van der Waals surface area contributed by atoms with Crippen molar-refractivity contribution in [2.75, 3.05) is 33.4 Å². The Bertz CT molecular complexity index is 915. The van der Waals surface area contributed by atoms with Crippen LogP contribution in [0, 0.1) is 0 Å². The summed E-state index contributed by atoms with van der Waals surface area (Å²) in [5, 5.41) is 3.08. The number of hydrogen-bond acceptors (Lipinski definition) is 4. The molecule has 0 N–H and O–H groups in total. The smallest absolute Gasteiger partial charge is 0.249 e. The Morgan fingerprint density at radius 1 is 1.34 bits per heavy atom. The van der Waals surface area contributed by atoms with E-state index in [0.717, 1.165) is 17.5 Å². The van der Waals surface area contributed by atoms with Crippen LogP contribution in [0.25, 0.3) is 0 Å². The molecule has 1 aliphatic heterocycles. The second kappa shape index (κ2) is 9.76. The summed E-state index contributed by atoms with van der Waals surface area (Å²) in [7, 11) is 1.45. The summed E-state index contributed by atoms with van der Waals surface area (Å²) in [6.07, 6.45) is 2.37. The van der Waals surface area contributed by atoms with Gasteiger partial charge in [-0.25, -0.2) is 0 Å². The molecule has 0 spiro atoms. The largest absolute Gasteiger partial charge is 0.375 e. The first-order chi connectivity index (χ1) is 14.0. The lowest BCUT2D eigenvalue weighted by Gasteiger charge is -2.38. The van der Waals surface area contributed by atoms with Gasteiger partial charge in [-0.3, -0.25) is 9.59 Å². The molecule has 2 heterocycles. The first kappa shape index (κ1) is 21.8. The SMILES string of the molecule is C=CCN(CC(=O)N1CCc2sccc2C1c1ccc(Cl)cc1Cl)C(=O)COC. The molecule has 1 unspecified atom stereocenters. The van der Waals surface area contributed by atoms with Crippen molar-refractivity contribution < 1.29 is 14.3 Å². The van der Waals surface area contributed by atoms with Gasteiger partial charge in [-0.1, -0.05) is 35.3 Å². The number of rotatable bonds is 7. The van der Waals surface area contributed by atoms with E-state index in [9.17, 15) is 9.59 Å². The lowest BCUT2D eigenvalue weighted by Crippen LogP contribution is -2.47. The molecule has 29 heavy (non-hydrogen) atoms. The van der Waals surface area contributed by atoms with E-state index in [1.807, 2.05) is 17.5 Å². The fourth-order valence-corrected chi connectivity index (χ4v) is 4.94. The lowest BCUT2D eigenvalue weighted by molar-refractivity contribution is -0.143. The molecular weight excluding hydrogens is 431 g/mol. The van der Waals surface area contributed by atoms with Gasteiger partial charge >= 0.3 is 0 Å². The summed E-state index contributed by atoms with van der Waals surface area (Å²) in [6.45, 7) is 4.38. The van der Waals surface area contributed by atoms with Crippen molar-refractivity contribution in [3.63, 3.8) is 0 Å². The molecule has 154 valence electrons. The highest BCUT2D eigenvalue weighted by molar-refractivity contribution is 7.10. The molecule has 1 aromatic heterocycles. The Balaban J connectivity index is 1.92. The lowest BCUT2D eigenvalue weighted by atomic mass is 9.93. The van der Waals surface area contributed by atoms with Crippen LogP contribution in [-0.4, -0.2) is 55.0 Å². The fraction of sp³-hybridized carbons (Fsp3) is 0.333. The quantitative estimate of drug-likeness (QED) is 0.591. The maximum atomic E-state index is 13.3. The van der Waals surface area contributed by atoms with Gasteiger partial charge in [-0.05, 0) is 41.1 Å². The number of carbonyl (C=O) groups excluding carboxylic acids is 2. The van der Waals surface area contributed by atoms with Crippen LogP contribution in [0.5, 0.6) is 0 Å². The van der Waals surface area contributed by atoms with Crippen molar-refractivity contribution in [2.45, 2.75) is 12.5 Å². The number of halogens is 2. The molecule has 0 saturated carbocycles. The fourth-order valence-electron chi connectivity index (χ4n) is 3.52. The maximum Gasteiger partial charge on any atom is 0.249 e. The minimum Gasteiger partial charge on any atom is -0.375 e. The normalized spacial score (nSPS) is 15.7. The second-order valence-corrected chi connectivity index (χ2v) is 8.54. The zero-order valence-electron chi connectivity index (χ0n) is 16.1. The third kappa shape index (κ3) is 4.83. The molecule has 5 nitrogen and oxygen atoms in total. The number of amides is 2. The predicted molar refractivity (Wildman–Crippen MR) is 117 cm³/mol. The summed E-state index contributed by atoms with van der Waals surface area (Å²) in [4.78, 5) is 30.1. The Hall–Kier alpha value is -1.86. The van der Waals surface area contributed by atoms with Crippen molar-refractivity contribution in [1.82, 2.24) is 9.80 Å². The predicted octanol–water partition coefficient (Wildman–Crippen LogP) is 4.19. The third-order valence-electron chi connectivity index (χ3n) is 4.84. The molecule has 2 amide bonds. The van der Waals surface area contributed by atoms with E-state index < -0.39 is 0 Å². The molecule has 0 radical (unpaired) electrons. The highest BCUT2D eigenvalue weighted by atomic mass is 35.5. The van der Waals surface area contributed by atoms with Crippen LogP contribution in [0.1, 0.15) is 22.0 Å². The van der Waals surface area contributed by atoms with Gasteiger partial charge in [-0.2, -0.15) is 0 Å². The molecule has 1 atom stereocenters. The standard InChI is InChI=1S/C21H22Cl2N2O3S/c1-3-8-24(20(27)13-28-2)12-19(26)25-9-6-18-16(7-10-29-18)21(25)15-5-4-14(22)11-17(15)23/h3-5,7,10-11,21H,1,6,8-9,12-13H2,2H3. The van der Waals surface area contributed by atoms with Gasteiger partial charge in [0.05, 0.1) is 6.04 Å². The van der Waals surface area contributed by atoms with Crippen LogP contribution in [0.4, 0.5) is 0 Å². The highest BCUT2D eigenvalue weighted by Gasteiger charge is 2.34. The van der Waals surface area contributed by atoms with Crippen molar-refractivity contribution in [3.8, 4) is 0 Å². The molecule has 2 aromatic rings. The number of benzene rings is 1. The van der Waals surface area contributed by atoms with E-state index >= 15 is 0 Å². The van der Waals surface area contributed by atoms with Crippen LogP contribution in [-0.2, 0) is 20.7 Å². The molecule has 0 aliphatic carbocycles. The molecule has 3 rings (SSSR count). The van der Waals surface area contributed by atoms with E-state index in [1.54, 1.807) is 34.4 Å². The second-order valence-electron chi connectivity index (χ2n) is 6.70. The maximum absolute atomic E-state index is 13.3. The summed E-state index contributed by atoms with van der Waals surface area (Å²) in [6, 6.07) is 7.05. The molecule has 1 aliphatic rings. The molecule has 0 bridgehead atoms. The zero-order valence-corrected chi connectivity index (χ0v) is 18.4. The number of thiophene rings is 1. The Morgan fingerprint density at radius 2 is 2.14 bits per heavy atom. The van der Waals surface area contributed by atoms with Gasteiger partial charge in [0.15, 0.2) is 0 Å². The van der Waals surface area contributed by atoms with Crippen LogP contribution in [0.3, 0.4) is 0 Å². The molecule has 8 heteroatoms. The van der Waals surface area contributed by atoms with Crippen molar-refractivity contribution in [2.24, 2.45) is 0 Å². The number of hydrogen-bond donors (Lipinski definition) is 0. The topological polar surface area (TPSA) is 49.9 Å². The van der Waals surface area contributed by atoms with Gasteiger partial charge < -0.3 is 14.5 Å². The van der Waals surface area contributed by atoms with Crippen LogP contribution < -0.4 is 0 Å². The van der Waals surface area contributed by atoms with Crippen molar-refractivity contribution in [3.05, 3.63) is 68.3 Å². The van der Waals surface area contributed by atoms with E-state index in [4.69, 9.17) is 27.9 Å². The summed E-state index contributed by atoms with van der Waals surface area (Å²) in [5.74, 6) is -0.403. The monoisotopic (exact) mass is 452 g/mol. The van der Waals surface area contributed by atoms with Crippen LogP contribution in [0.15, 0.2) is 42.3 Å². The van der Waals surface area contributed by atoms with E-state index in [-0.39, 0.29) is 37.6 Å². The minimum atomic E-state index is -0.314. The van der Waals surface area contributed by atoms with Gasteiger partial charge in [0, 0.05) is 35.1 Å². The van der Waals surface area contributed by atoms with E-state index in [0.29, 0.717) is 16.6 Å². The summed E-state index contributed by atoms with van der Waals surface area (Å²) < 4.78 is 4.93. The number of methoxy groups -OCH3 is 1. The first-order valence-corrected chi connectivity index (χ1v) is 10.8. The zero-order chi connectivity index (χ0) is 21.0. The van der Waals surface area contributed by atoms with Crippen LogP contribution >= 0.6 is 34.5 Å². The van der Waals surface area contributed by atoms with Gasteiger partial charge in [0.2, 0.25) is 11.8 Å². The summed E-state index contributed by atoms with van der Waals surface area (Å²) in [5.41, 5.74) is 1.89. The molecule has 0 fully saturated rings. The van der Waals surface area contributed by atoms with Crippen molar-refractivity contribution >= 4 is 46.4 Å². The minimum absolute atomic E-state index is 0.0462. The van der Waals surface area contributed by atoms with Crippen LogP contribution in [0.2, 0.25) is 10.0 Å². The average molecular weight is 453 g/mol. The summed E-state index contributed by atoms with van der Waals surface area (Å²) >= 11 is 14.3. The highest BCUT2D eigenvalue weighted by Crippen LogP contribution is 2.41. The third-order valence-corrected chi connectivity index (χ3v) is 6.40. The number of carbonyl (C=O) groups is 2. The van der Waals surface area contributed by atoms with Gasteiger partial charge in [0.1, 0.15) is 13.2 Å². The number of nitrogens with zero attached hydrogens (tertiary/aromatic N) is 2. The molecular formula is C21H22Cl2N2O3S. The Kier molecular flexibility index (Phi) is 7.35. The van der Waals surface area contributed by atoms with Gasteiger partial charge in [-0.15, -0.1) is 17.9 Å². The average Bonchev–Trinajstić information content (AvgIpc) is 3.16. The van der Waals surface area contributed by atoms with E-state index in [1.165, 1.54) is 16.9 Å². The number of ether oxygens (including phenoxy) is 1.